The summed E-state index contributed by atoms with van der Waals surface area (Å²) in [4.78, 5) is 13.1. The van der Waals surface area contributed by atoms with Gasteiger partial charge in [-0.15, -0.1) is 0 Å². The quantitative estimate of drug-likeness (QED) is 0.360. The average molecular weight is 444 g/mol. The van der Waals surface area contributed by atoms with Crippen LogP contribution < -0.4 is 14.8 Å². The van der Waals surface area contributed by atoms with Gasteiger partial charge in [-0.05, 0) is 74.3 Å². The van der Waals surface area contributed by atoms with E-state index < -0.39 is 7.80 Å². The molecule has 0 saturated carbocycles. The lowest BCUT2D eigenvalue weighted by Crippen LogP contribution is -2.13. The molecular weight excluding hydrogens is 407 g/mol. The third kappa shape index (κ3) is 6.90. The van der Waals surface area contributed by atoms with Gasteiger partial charge in [-0.2, -0.15) is 0 Å². The zero-order chi connectivity index (χ0) is 23.1. The Morgan fingerprint density at radius 3 is 2.10 bits per heavy atom. The number of carbonyl (C=O) groups is 1. The molecule has 0 aromatic heterocycles. The molecule has 0 aliphatic rings. The van der Waals surface area contributed by atoms with E-state index in [2.05, 4.69) is 27.7 Å². The first kappa shape index (κ1) is 25.1. The summed E-state index contributed by atoms with van der Waals surface area (Å²) in [5.41, 5.74) is 3.19. The van der Waals surface area contributed by atoms with E-state index in [0.717, 1.165) is 29.5 Å². The fourth-order valence-corrected chi connectivity index (χ4v) is 4.31. The Labute approximate surface area is 188 Å². The number of carbonyl (C=O) groups excluding carboxylic acids is 1. The van der Waals surface area contributed by atoms with Crippen molar-refractivity contribution >= 4 is 18.6 Å². The monoisotopic (exact) mass is 443 g/mol. The van der Waals surface area contributed by atoms with Crippen molar-refractivity contribution in [3.8, 4) is 11.5 Å². The minimum Gasteiger partial charge on any atom is -0.493 e. The number of rotatable bonds is 11. The molecule has 0 fully saturated rings. The topological polar surface area (TPSA) is 52.6 Å². The van der Waals surface area contributed by atoms with Crippen LogP contribution in [0.25, 0.3) is 0 Å². The second-order valence-electron chi connectivity index (χ2n) is 8.97. The molecule has 0 heterocycles. The molecule has 1 unspecified atom stereocenters. The highest BCUT2D eigenvalue weighted by molar-refractivity contribution is 7.71. The zero-order valence-electron chi connectivity index (χ0n) is 20.0. The predicted molar refractivity (Wildman–Crippen MR) is 129 cm³/mol. The van der Waals surface area contributed by atoms with Crippen molar-refractivity contribution in [3.05, 3.63) is 52.6 Å². The molecule has 1 atom stereocenters. The predicted octanol–water partition coefficient (Wildman–Crippen LogP) is 6.75. The van der Waals surface area contributed by atoms with E-state index in [9.17, 15) is 9.36 Å². The van der Waals surface area contributed by atoms with E-state index in [-0.39, 0.29) is 5.52 Å². The maximum absolute atomic E-state index is 13.3. The van der Waals surface area contributed by atoms with E-state index >= 15 is 0 Å². The molecule has 0 N–H and O–H groups in total. The molecule has 0 aliphatic heterocycles. The van der Waals surface area contributed by atoms with Gasteiger partial charge in [-0.1, -0.05) is 39.8 Å². The molecule has 0 bridgehead atoms. The van der Waals surface area contributed by atoms with Crippen molar-refractivity contribution in [1.29, 1.82) is 0 Å². The van der Waals surface area contributed by atoms with Crippen LogP contribution in [-0.2, 0) is 4.57 Å². The molecule has 2 rings (SSSR count). The normalized spacial score (nSPS) is 11.7. The van der Waals surface area contributed by atoms with Gasteiger partial charge in [0.2, 0.25) is 5.52 Å². The molecule has 1 radical (unpaired) electrons. The lowest BCUT2D eigenvalue weighted by atomic mass is 10.00. The number of ether oxygens (including phenoxy) is 2. The van der Waals surface area contributed by atoms with Gasteiger partial charge < -0.3 is 9.47 Å². The van der Waals surface area contributed by atoms with Crippen LogP contribution in [0.3, 0.4) is 0 Å². The van der Waals surface area contributed by atoms with Crippen LogP contribution in [0.4, 0.5) is 0 Å². The van der Waals surface area contributed by atoms with Crippen molar-refractivity contribution in [2.24, 2.45) is 11.8 Å². The lowest BCUT2D eigenvalue weighted by Gasteiger charge is -2.15. The van der Waals surface area contributed by atoms with Gasteiger partial charge in [-0.3, -0.25) is 9.36 Å². The zero-order valence-corrected chi connectivity index (χ0v) is 20.8. The first-order valence-electron chi connectivity index (χ1n) is 11.1. The summed E-state index contributed by atoms with van der Waals surface area (Å²) in [6.07, 6.45) is 1.82. The average Bonchev–Trinajstić information content (AvgIpc) is 2.71. The number of hydrogen-bond acceptors (Lipinski definition) is 4. The van der Waals surface area contributed by atoms with Crippen LogP contribution in [0.1, 0.15) is 67.6 Å². The third-order valence-electron chi connectivity index (χ3n) is 5.54. The standard InChI is InChI=1S/C26H36O4P/c1-17(2)12-14-29-22-9-11-25(24(16-22)30-15-13-18(3)4)31(28)26(27)23-10-8-19(5)20(6)21(23)7/h8-11,16-18H,12-15H2,1-7H3. The van der Waals surface area contributed by atoms with Gasteiger partial charge in [0.15, 0.2) is 7.80 Å². The lowest BCUT2D eigenvalue weighted by molar-refractivity contribution is 0.107. The fourth-order valence-electron chi connectivity index (χ4n) is 3.09. The molecule has 169 valence electrons. The molecule has 0 spiro atoms. The smallest absolute Gasteiger partial charge is 0.246 e. The van der Waals surface area contributed by atoms with Crippen molar-refractivity contribution in [2.45, 2.75) is 61.3 Å². The molecule has 31 heavy (non-hydrogen) atoms. The Balaban J connectivity index is 2.32. The van der Waals surface area contributed by atoms with Gasteiger partial charge in [0, 0.05) is 11.6 Å². The second-order valence-corrected chi connectivity index (χ2v) is 10.4. The molecule has 0 amide bonds. The number of aryl methyl sites for hydroxylation is 1. The van der Waals surface area contributed by atoms with Gasteiger partial charge in [0.25, 0.3) is 0 Å². The Morgan fingerprint density at radius 2 is 1.48 bits per heavy atom. The molecule has 2 aromatic rings. The summed E-state index contributed by atoms with van der Waals surface area (Å²) >= 11 is 0. The molecule has 0 saturated heterocycles. The maximum Gasteiger partial charge on any atom is 0.246 e. The van der Waals surface area contributed by atoms with Crippen LogP contribution in [-0.4, -0.2) is 18.7 Å². The summed E-state index contributed by atoms with van der Waals surface area (Å²) in [6, 6.07) is 8.94. The Kier molecular flexibility index (Phi) is 9.25. The van der Waals surface area contributed by atoms with Gasteiger partial charge in [0.05, 0.1) is 18.5 Å². The summed E-state index contributed by atoms with van der Waals surface area (Å²) < 4.78 is 25.1. The highest BCUT2D eigenvalue weighted by Gasteiger charge is 2.24. The Morgan fingerprint density at radius 1 is 0.871 bits per heavy atom. The molecule has 2 aromatic carbocycles. The summed E-state index contributed by atoms with van der Waals surface area (Å²) in [5, 5.41) is 0.428. The van der Waals surface area contributed by atoms with Gasteiger partial charge >= 0.3 is 0 Å². The van der Waals surface area contributed by atoms with Crippen LogP contribution in [0, 0.1) is 32.6 Å². The summed E-state index contributed by atoms with van der Waals surface area (Å²) in [7, 11) is -2.31. The first-order chi connectivity index (χ1) is 14.6. The molecule has 4 nitrogen and oxygen atoms in total. The minimum atomic E-state index is -2.31. The Bertz CT molecular complexity index is 931. The van der Waals surface area contributed by atoms with Crippen molar-refractivity contribution in [3.63, 3.8) is 0 Å². The van der Waals surface area contributed by atoms with E-state index in [1.54, 1.807) is 24.3 Å². The van der Waals surface area contributed by atoms with Gasteiger partial charge in [-0.25, -0.2) is 0 Å². The maximum atomic E-state index is 13.3. The van der Waals surface area contributed by atoms with Crippen LogP contribution in [0.5, 0.6) is 11.5 Å². The Hall–Kier alpha value is -2.19. The third-order valence-corrected chi connectivity index (χ3v) is 6.96. The summed E-state index contributed by atoms with van der Waals surface area (Å²) in [5.74, 6) is 2.18. The minimum absolute atomic E-state index is 0.363. The second kappa shape index (κ2) is 11.4. The highest BCUT2D eigenvalue weighted by atomic mass is 31.1. The van der Waals surface area contributed by atoms with E-state index in [4.69, 9.17) is 9.47 Å². The first-order valence-corrected chi connectivity index (χ1v) is 12.4. The van der Waals surface area contributed by atoms with Crippen molar-refractivity contribution in [2.75, 3.05) is 13.2 Å². The largest absolute Gasteiger partial charge is 0.493 e. The number of hydrogen-bond donors (Lipinski definition) is 0. The molecule has 5 heteroatoms. The van der Waals surface area contributed by atoms with E-state index in [1.165, 1.54) is 0 Å². The summed E-state index contributed by atoms with van der Waals surface area (Å²) in [6.45, 7) is 15.6. The SMILES string of the molecule is Cc1ccc(C(=O)[P](=O)c2ccc(OCCC(C)C)cc2OCCC(C)C)c(C)c1C. The van der Waals surface area contributed by atoms with Crippen LogP contribution >= 0.6 is 7.80 Å². The molecular formula is C26H36O4P. The van der Waals surface area contributed by atoms with Crippen LogP contribution in [0.15, 0.2) is 30.3 Å². The van der Waals surface area contributed by atoms with Gasteiger partial charge in [0.1, 0.15) is 11.5 Å². The molecule has 0 aliphatic carbocycles. The van der Waals surface area contributed by atoms with E-state index in [0.29, 0.717) is 47.4 Å². The van der Waals surface area contributed by atoms with Crippen molar-refractivity contribution < 1.29 is 18.8 Å². The van der Waals surface area contributed by atoms with Crippen molar-refractivity contribution in [1.82, 2.24) is 0 Å². The fraction of sp³-hybridized carbons (Fsp3) is 0.500. The van der Waals surface area contributed by atoms with Crippen LogP contribution in [0.2, 0.25) is 0 Å². The van der Waals surface area contributed by atoms with E-state index in [1.807, 2.05) is 26.8 Å². The number of benzene rings is 2. The highest BCUT2D eigenvalue weighted by Crippen LogP contribution is 2.34.